The van der Waals surface area contributed by atoms with E-state index in [9.17, 15) is 9.59 Å². The minimum absolute atomic E-state index is 0.0568. The number of hydrogen-bond acceptors (Lipinski definition) is 2. The number of benzene rings is 1. The lowest BCUT2D eigenvalue weighted by molar-refractivity contribution is -0.121. The normalized spacial score (nSPS) is 9.88. The van der Waals surface area contributed by atoms with Gasteiger partial charge in [-0.2, -0.15) is 0 Å². The Labute approximate surface area is 109 Å². The third kappa shape index (κ3) is 3.56. The molecule has 2 amide bonds. The molecular formula is C12H15BrN2O2. The van der Waals surface area contributed by atoms with Gasteiger partial charge in [-0.05, 0) is 24.6 Å². The number of amides is 2. The van der Waals surface area contributed by atoms with E-state index >= 15 is 0 Å². The van der Waals surface area contributed by atoms with Crippen LogP contribution in [0.25, 0.3) is 0 Å². The fraction of sp³-hybridized carbons (Fsp3) is 0.333. The van der Waals surface area contributed by atoms with E-state index in [4.69, 9.17) is 0 Å². The molecule has 4 nitrogen and oxygen atoms in total. The lowest BCUT2D eigenvalue weighted by Crippen LogP contribution is -2.37. The highest BCUT2D eigenvalue weighted by atomic mass is 79.9. The van der Waals surface area contributed by atoms with Crippen LogP contribution in [0.2, 0.25) is 0 Å². The monoisotopic (exact) mass is 298 g/mol. The molecule has 0 spiro atoms. The molecule has 17 heavy (non-hydrogen) atoms. The van der Waals surface area contributed by atoms with E-state index in [0.29, 0.717) is 5.56 Å². The highest BCUT2D eigenvalue weighted by Crippen LogP contribution is 2.17. The number of rotatable bonds is 3. The summed E-state index contributed by atoms with van der Waals surface area (Å²) < 4.78 is 0.847. The van der Waals surface area contributed by atoms with E-state index in [1.54, 1.807) is 20.2 Å². The molecular weight excluding hydrogens is 284 g/mol. The first-order valence-electron chi connectivity index (χ1n) is 5.18. The predicted octanol–water partition coefficient (Wildman–Crippen LogP) is 1.58. The van der Waals surface area contributed by atoms with Crippen LogP contribution in [0.5, 0.6) is 0 Å². The molecule has 0 aromatic heterocycles. The number of nitrogens with one attached hydrogen (secondary N) is 1. The molecule has 0 bridgehead atoms. The van der Waals surface area contributed by atoms with Crippen molar-refractivity contribution in [2.45, 2.75) is 6.92 Å². The minimum Gasteiger partial charge on any atom is -0.358 e. The minimum atomic E-state index is -0.187. The van der Waals surface area contributed by atoms with Crippen LogP contribution in [0.3, 0.4) is 0 Å². The molecule has 0 aliphatic rings. The quantitative estimate of drug-likeness (QED) is 0.921. The third-order valence-electron chi connectivity index (χ3n) is 2.44. The Morgan fingerprint density at radius 3 is 2.65 bits per heavy atom. The van der Waals surface area contributed by atoms with E-state index in [1.807, 2.05) is 19.1 Å². The van der Waals surface area contributed by atoms with E-state index in [0.717, 1.165) is 10.0 Å². The highest BCUT2D eigenvalue weighted by molar-refractivity contribution is 9.10. The van der Waals surface area contributed by atoms with Gasteiger partial charge in [0.25, 0.3) is 5.91 Å². The third-order valence-corrected chi connectivity index (χ3v) is 2.93. The second-order valence-electron chi connectivity index (χ2n) is 3.79. The number of hydrogen-bond donors (Lipinski definition) is 1. The Morgan fingerprint density at radius 2 is 2.06 bits per heavy atom. The molecule has 1 N–H and O–H groups in total. The smallest absolute Gasteiger partial charge is 0.254 e. The molecule has 1 aromatic rings. The topological polar surface area (TPSA) is 49.4 Å². The van der Waals surface area contributed by atoms with Gasteiger partial charge in [-0.25, -0.2) is 0 Å². The van der Waals surface area contributed by atoms with E-state index in [2.05, 4.69) is 21.2 Å². The van der Waals surface area contributed by atoms with Gasteiger partial charge in [0.2, 0.25) is 5.91 Å². The molecule has 0 aliphatic heterocycles. The first-order chi connectivity index (χ1) is 7.95. The summed E-state index contributed by atoms with van der Waals surface area (Å²) in [5.74, 6) is -0.346. The van der Waals surface area contributed by atoms with Crippen molar-refractivity contribution in [3.05, 3.63) is 33.8 Å². The molecule has 0 fully saturated rings. The van der Waals surface area contributed by atoms with Crippen LogP contribution >= 0.6 is 15.9 Å². The second-order valence-corrected chi connectivity index (χ2v) is 4.71. The average Bonchev–Trinajstić information content (AvgIpc) is 2.31. The maximum absolute atomic E-state index is 12.1. The van der Waals surface area contributed by atoms with Crippen molar-refractivity contribution in [3.8, 4) is 0 Å². The maximum Gasteiger partial charge on any atom is 0.254 e. The molecule has 1 rings (SSSR count). The molecule has 0 unspecified atom stereocenters. The first kappa shape index (κ1) is 13.7. The summed E-state index contributed by atoms with van der Waals surface area (Å²) in [5, 5.41) is 2.49. The SMILES string of the molecule is CNC(=O)CN(C)C(=O)c1cc(Br)ccc1C. The zero-order valence-electron chi connectivity index (χ0n) is 10.1. The van der Waals surface area contributed by atoms with E-state index in [-0.39, 0.29) is 18.4 Å². The Kier molecular flexibility index (Phi) is 4.69. The van der Waals surface area contributed by atoms with Gasteiger partial charge in [-0.1, -0.05) is 22.0 Å². The highest BCUT2D eigenvalue weighted by Gasteiger charge is 2.16. The van der Waals surface area contributed by atoms with Crippen molar-refractivity contribution >= 4 is 27.7 Å². The lowest BCUT2D eigenvalue weighted by atomic mass is 10.1. The fourth-order valence-corrected chi connectivity index (χ4v) is 1.76. The predicted molar refractivity (Wildman–Crippen MR) is 69.9 cm³/mol. The Bertz CT molecular complexity index is 446. The molecule has 0 aliphatic carbocycles. The number of carbonyl (C=O) groups excluding carboxylic acids is 2. The summed E-state index contributed by atoms with van der Waals surface area (Å²) in [4.78, 5) is 24.7. The Hall–Kier alpha value is -1.36. The van der Waals surface area contributed by atoms with Gasteiger partial charge in [0.15, 0.2) is 0 Å². The number of likely N-dealkylation sites (N-methyl/N-ethyl adjacent to an activating group) is 2. The van der Waals surface area contributed by atoms with Gasteiger partial charge in [0.05, 0.1) is 6.54 Å². The summed E-state index contributed by atoms with van der Waals surface area (Å²) >= 11 is 3.33. The molecule has 0 heterocycles. The lowest BCUT2D eigenvalue weighted by Gasteiger charge is -2.17. The van der Waals surface area contributed by atoms with Crippen molar-refractivity contribution in [1.29, 1.82) is 0 Å². The fourth-order valence-electron chi connectivity index (χ4n) is 1.40. The Morgan fingerprint density at radius 1 is 1.41 bits per heavy atom. The number of carbonyl (C=O) groups is 2. The van der Waals surface area contributed by atoms with Crippen LogP contribution in [-0.4, -0.2) is 37.4 Å². The van der Waals surface area contributed by atoms with Crippen LogP contribution in [0.4, 0.5) is 0 Å². The summed E-state index contributed by atoms with van der Waals surface area (Å²) in [6, 6.07) is 5.51. The van der Waals surface area contributed by atoms with Crippen LogP contribution in [0.1, 0.15) is 15.9 Å². The average molecular weight is 299 g/mol. The number of aryl methyl sites for hydroxylation is 1. The van der Waals surface area contributed by atoms with Crippen LogP contribution in [-0.2, 0) is 4.79 Å². The van der Waals surface area contributed by atoms with Crippen molar-refractivity contribution < 1.29 is 9.59 Å². The molecule has 5 heteroatoms. The second kappa shape index (κ2) is 5.82. The van der Waals surface area contributed by atoms with Crippen molar-refractivity contribution in [1.82, 2.24) is 10.2 Å². The summed E-state index contributed by atoms with van der Waals surface area (Å²) in [6.07, 6.45) is 0. The summed E-state index contributed by atoms with van der Waals surface area (Å²) in [5.41, 5.74) is 1.49. The number of halogens is 1. The number of nitrogens with zero attached hydrogens (tertiary/aromatic N) is 1. The van der Waals surface area contributed by atoms with Gasteiger partial charge >= 0.3 is 0 Å². The molecule has 0 radical (unpaired) electrons. The summed E-state index contributed by atoms with van der Waals surface area (Å²) in [7, 11) is 3.16. The standard InChI is InChI=1S/C12H15BrN2O2/c1-8-4-5-9(13)6-10(8)12(17)15(3)7-11(16)14-2/h4-6H,7H2,1-3H3,(H,14,16). The van der Waals surface area contributed by atoms with Gasteiger partial charge in [-0.15, -0.1) is 0 Å². The van der Waals surface area contributed by atoms with Gasteiger partial charge in [0, 0.05) is 24.1 Å². The van der Waals surface area contributed by atoms with Crippen molar-refractivity contribution in [2.75, 3.05) is 20.6 Å². The molecule has 0 atom stereocenters. The van der Waals surface area contributed by atoms with E-state index < -0.39 is 0 Å². The van der Waals surface area contributed by atoms with Gasteiger partial charge < -0.3 is 10.2 Å². The van der Waals surface area contributed by atoms with Crippen LogP contribution in [0, 0.1) is 6.92 Å². The van der Waals surface area contributed by atoms with Crippen LogP contribution < -0.4 is 5.32 Å². The van der Waals surface area contributed by atoms with Crippen molar-refractivity contribution in [2.24, 2.45) is 0 Å². The zero-order valence-corrected chi connectivity index (χ0v) is 11.7. The van der Waals surface area contributed by atoms with Crippen LogP contribution in [0.15, 0.2) is 22.7 Å². The molecule has 0 saturated carbocycles. The molecule has 1 aromatic carbocycles. The van der Waals surface area contributed by atoms with Gasteiger partial charge in [0.1, 0.15) is 0 Å². The zero-order chi connectivity index (χ0) is 13.0. The Balaban J connectivity index is 2.88. The summed E-state index contributed by atoms with van der Waals surface area (Å²) in [6.45, 7) is 1.93. The molecule has 92 valence electrons. The molecule has 0 saturated heterocycles. The first-order valence-corrected chi connectivity index (χ1v) is 5.97. The maximum atomic E-state index is 12.1. The van der Waals surface area contributed by atoms with Crippen molar-refractivity contribution in [3.63, 3.8) is 0 Å². The van der Waals surface area contributed by atoms with Gasteiger partial charge in [-0.3, -0.25) is 9.59 Å². The van der Waals surface area contributed by atoms with E-state index in [1.165, 1.54) is 4.90 Å². The largest absolute Gasteiger partial charge is 0.358 e.